The van der Waals surface area contributed by atoms with E-state index in [4.69, 9.17) is 0 Å². The fourth-order valence-electron chi connectivity index (χ4n) is 2.90. The van der Waals surface area contributed by atoms with Crippen molar-refractivity contribution in [3.63, 3.8) is 0 Å². The van der Waals surface area contributed by atoms with Gasteiger partial charge < -0.3 is 10.6 Å². The summed E-state index contributed by atoms with van der Waals surface area (Å²) in [4.78, 5) is 24.2. The predicted octanol–water partition coefficient (Wildman–Crippen LogP) is 4.21. The standard InChI is InChI=1S/C18H20BrFN4O2S/c19-11-7-8-14(13(20)9-11)21-16(25)10-15-17(26)22-18(27-15)24-23-12-5-3-1-2-4-6-12/h7-9,15H,1-6,10H2,(H,21,25)(H,22,24,26)/t15-/m0/s1. The van der Waals surface area contributed by atoms with Gasteiger partial charge in [-0.25, -0.2) is 4.39 Å². The van der Waals surface area contributed by atoms with E-state index < -0.39 is 17.0 Å². The fraction of sp³-hybridized carbons (Fsp3) is 0.444. The van der Waals surface area contributed by atoms with Crippen LogP contribution in [0.2, 0.25) is 0 Å². The molecule has 6 nitrogen and oxygen atoms in total. The van der Waals surface area contributed by atoms with Crippen LogP contribution in [0.15, 0.2) is 32.9 Å². The van der Waals surface area contributed by atoms with Crippen molar-refractivity contribution < 1.29 is 14.0 Å². The van der Waals surface area contributed by atoms with E-state index in [1.807, 2.05) is 0 Å². The third-order valence-corrected chi connectivity index (χ3v) is 5.88. The highest BCUT2D eigenvalue weighted by Gasteiger charge is 2.32. The van der Waals surface area contributed by atoms with Crippen molar-refractivity contribution in [1.82, 2.24) is 5.32 Å². The molecule has 1 saturated carbocycles. The molecule has 1 aliphatic carbocycles. The van der Waals surface area contributed by atoms with Gasteiger partial charge in [-0.05, 0) is 43.9 Å². The van der Waals surface area contributed by atoms with Crippen molar-refractivity contribution in [1.29, 1.82) is 0 Å². The van der Waals surface area contributed by atoms with Crippen LogP contribution in [0.5, 0.6) is 0 Å². The molecule has 0 spiro atoms. The molecule has 1 aliphatic heterocycles. The number of thioether (sulfide) groups is 1. The first kappa shape index (κ1) is 20.0. The molecular weight excluding hydrogens is 435 g/mol. The lowest BCUT2D eigenvalue weighted by Gasteiger charge is -2.08. The van der Waals surface area contributed by atoms with Crippen molar-refractivity contribution in [3.05, 3.63) is 28.5 Å². The highest BCUT2D eigenvalue weighted by molar-refractivity contribution is 9.10. The second-order valence-electron chi connectivity index (χ2n) is 6.46. The third kappa shape index (κ3) is 5.87. The molecule has 1 aromatic rings. The molecular formula is C18H20BrFN4O2S. The largest absolute Gasteiger partial charge is 0.324 e. The van der Waals surface area contributed by atoms with E-state index in [1.165, 1.54) is 36.7 Å². The average Bonchev–Trinajstić information content (AvgIpc) is 2.82. The van der Waals surface area contributed by atoms with E-state index in [0.29, 0.717) is 9.64 Å². The maximum absolute atomic E-state index is 13.8. The molecule has 3 rings (SSSR count). The summed E-state index contributed by atoms with van der Waals surface area (Å²) in [5, 5.41) is 13.4. The van der Waals surface area contributed by atoms with Gasteiger partial charge in [0.05, 0.1) is 5.69 Å². The Hall–Kier alpha value is -1.74. The number of hydrogen-bond acceptors (Lipinski definition) is 5. The van der Waals surface area contributed by atoms with Crippen molar-refractivity contribution in [3.8, 4) is 0 Å². The van der Waals surface area contributed by atoms with Gasteiger partial charge in [0.25, 0.3) is 0 Å². The SMILES string of the molecule is O=C(C[C@@H]1S/C(=N/N=C2CCCCCC2)NC1=O)Nc1ccc(Br)cc1F. The van der Waals surface area contributed by atoms with Crippen LogP contribution in [0.3, 0.4) is 0 Å². The van der Waals surface area contributed by atoms with Gasteiger partial charge in [-0.2, -0.15) is 5.10 Å². The number of rotatable bonds is 4. The minimum atomic E-state index is -0.600. The minimum Gasteiger partial charge on any atom is -0.324 e. The Balaban J connectivity index is 1.56. The summed E-state index contributed by atoms with van der Waals surface area (Å²) in [6.45, 7) is 0. The van der Waals surface area contributed by atoms with Crippen LogP contribution in [-0.2, 0) is 9.59 Å². The summed E-state index contributed by atoms with van der Waals surface area (Å²) in [7, 11) is 0. The van der Waals surface area contributed by atoms with Crippen LogP contribution in [0.1, 0.15) is 44.9 Å². The van der Waals surface area contributed by atoms with Gasteiger partial charge in [-0.15, -0.1) is 5.10 Å². The number of nitrogens with zero attached hydrogens (tertiary/aromatic N) is 2. The Morgan fingerprint density at radius 3 is 2.70 bits per heavy atom. The first-order valence-electron chi connectivity index (χ1n) is 8.87. The number of benzene rings is 1. The summed E-state index contributed by atoms with van der Waals surface area (Å²) >= 11 is 4.34. The second-order valence-corrected chi connectivity index (χ2v) is 8.56. The highest BCUT2D eigenvalue weighted by Crippen LogP contribution is 2.25. The Bertz CT molecular complexity index is 790. The lowest BCUT2D eigenvalue weighted by atomic mass is 10.2. The van der Waals surface area contributed by atoms with Gasteiger partial charge in [0.1, 0.15) is 11.1 Å². The zero-order chi connectivity index (χ0) is 19.2. The van der Waals surface area contributed by atoms with Crippen molar-refractivity contribution >= 4 is 56.1 Å². The molecule has 0 aromatic heterocycles. The van der Waals surface area contributed by atoms with E-state index in [2.05, 4.69) is 36.8 Å². The first-order chi connectivity index (χ1) is 13.0. The number of carbonyl (C=O) groups excluding carboxylic acids is 2. The molecule has 1 aromatic carbocycles. The molecule has 1 heterocycles. The molecule has 0 bridgehead atoms. The second kappa shape index (κ2) is 9.45. The molecule has 144 valence electrons. The van der Waals surface area contributed by atoms with E-state index in [1.54, 1.807) is 6.07 Å². The number of carbonyl (C=O) groups is 2. The smallest absolute Gasteiger partial charge is 0.240 e. The minimum absolute atomic E-state index is 0.0679. The summed E-state index contributed by atoms with van der Waals surface area (Å²) in [6, 6.07) is 4.37. The lowest BCUT2D eigenvalue weighted by Crippen LogP contribution is -2.28. The van der Waals surface area contributed by atoms with Gasteiger partial charge in [0.15, 0.2) is 5.17 Å². The molecule has 2 fully saturated rings. The van der Waals surface area contributed by atoms with Crippen LogP contribution >= 0.6 is 27.7 Å². The monoisotopic (exact) mass is 454 g/mol. The Labute approximate surface area is 169 Å². The average molecular weight is 455 g/mol. The number of halogens is 2. The summed E-state index contributed by atoms with van der Waals surface area (Å²) in [5.74, 6) is -1.26. The molecule has 2 aliphatic rings. The predicted molar refractivity (Wildman–Crippen MR) is 109 cm³/mol. The molecule has 0 unspecified atom stereocenters. The Kier molecular flexibility index (Phi) is 7.01. The highest BCUT2D eigenvalue weighted by atomic mass is 79.9. The number of hydrogen-bond donors (Lipinski definition) is 2. The van der Waals surface area contributed by atoms with Crippen LogP contribution in [-0.4, -0.2) is 27.9 Å². The Morgan fingerprint density at radius 1 is 1.26 bits per heavy atom. The first-order valence-corrected chi connectivity index (χ1v) is 10.5. The van der Waals surface area contributed by atoms with Crippen LogP contribution in [0, 0.1) is 5.82 Å². The lowest BCUT2D eigenvalue weighted by molar-refractivity contribution is -0.122. The summed E-state index contributed by atoms with van der Waals surface area (Å²) in [5.41, 5.74) is 1.14. The normalized spacial score (nSPS) is 21.7. The molecule has 27 heavy (non-hydrogen) atoms. The number of nitrogens with one attached hydrogen (secondary N) is 2. The van der Waals surface area contributed by atoms with Gasteiger partial charge in [0.2, 0.25) is 11.8 Å². The molecule has 2 N–H and O–H groups in total. The summed E-state index contributed by atoms with van der Waals surface area (Å²) in [6.07, 6.45) is 6.51. The molecule has 0 radical (unpaired) electrons. The maximum Gasteiger partial charge on any atom is 0.240 e. The van der Waals surface area contributed by atoms with Gasteiger partial charge >= 0.3 is 0 Å². The molecule has 9 heteroatoms. The van der Waals surface area contributed by atoms with Crippen molar-refractivity contribution in [2.24, 2.45) is 10.2 Å². The molecule has 1 saturated heterocycles. The van der Waals surface area contributed by atoms with E-state index in [0.717, 1.165) is 31.4 Å². The van der Waals surface area contributed by atoms with E-state index in [-0.39, 0.29) is 18.0 Å². The van der Waals surface area contributed by atoms with E-state index >= 15 is 0 Å². The van der Waals surface area contributed by atoms with Gasteiger partial charge in [-0.1, -0.05) is 40.5 Å². The molecule has 1 atom stereocenters. The summed E-state index contributed by atoms with van der Waals surface area (Å²) < 4.78 is 14.4. The quantitative estimate of drug-likeness (QED) is 0.527. The topological polar surface area (TPSA) is 82.9 Å². The van der Waals surface area contributed by atoms with Crippen LogP contribution in [0.25, 0.3) is 0 Å². The van der Waals surface area contributed by atoms with E-state index in [9.17, 15) is 14.0 Å². The van der Waals surface area contributed by atoms with Crippen molar-refractivity contribution in [2.75, 3.05) is 5.32 Å². The van der Waals surface area contributed by atoms with Crippen LogP contribution in [0.4, 0.5) is 10.1 Å². The van der Waals surface area contributed by atoms with Gasteiger partial charge in [0, 0.05) is 16.6 Å². The molecule has 2 amide bonds. The Morgan fingerprint density at radius 2 is 2.00 bits per heavy atom. The van der Waals surface area contributed by atoms with Crippen molar-refractivity contribution in [2.45, 2.75) is 50.2 Å². The number of amidine groups is 1. The zero-order valence-corrected chi connectivity index (χ0v) is 17.0. The zero-order valence-electron chi connectivity index (χ0n) is 14.6. The number of anilines is 1. The fourth-order valence-corrected chi connectivity index (χ4v) is 4.15. The third-order valence-electron chi connectivity index (χ3n) is 4.32. The van der Waals surface area contributed by atoms with Gasteiger partial charge in [-0.3, -0.25) is 9.59 Å². The van der Waals surface area contributed by atoms with Crippen LogP contribution < -0.4 is 10.6 Å². The number of amides is 2. The maximum atomic E-state index is 13.8.